The number of nitrogen functional groups attached to an aromatic ring is 1. The van der Waals surface area contributed by atoms with E-state index in [0.29, 0.717) is 16.9 Å². The number of Topliss-reactive ketones (excluding diaryl/α,β-unsaturated/α-hetero) is 1. The molecule has 0 aliphatic heterocycles. The van der Waals surface area contributed by atoms with Crippen molar-refractivity contribution in [3.8, 4) is 11.4 Å². The van der Waals surface area contributed by atoms with Gasteiger partial charge in [0.05, 0.1) is 57.5 Å². The van der Waals surface area contributed by atoms with Crippen molar-refractivity contribution < 1.29 is 49.8 Å². The minimum absolute atomic E-state index is 0.00602. The summed E-state index contributed by atoms with van der Waals surface area (Å²) in [5, 5.41) is 16.9. The molecule has 0 aliphatic carbocycles. The number of alkyl halides is 6. The summed E-state index contributed by atoms with van der Waals surface area (Å²) in [6.07, 6.45) is -4.37. The van der Waals surface area contributed by atoms with Gasteiger partial charge in [-0.15, -0.1) is 0 Å². The standard InChI is InChI=1S/C22H24F4N4O.C13H16FN3.C9H9ClF3NO2/c1-13(29-12-19(22(24,25)26)28-14(29)2)18(31)10-15-11-27-30(20(15)21(3,4)5)17-8-6-16(23)7-9-17;1-13(2,3)12-11(15)8-16-17(12)10-6-4-9(14)5-7-10;1-4-7(10)6(9(11,12)13)3-14(4)5(2)8(15)16/h6-9,11-13H,10H2,1-5H3;4-8H,15H2,1-3H3;3,5H,1-2H3,(H,15,16). The van der Waals surface area contributed by atoms with Crippen molar-refractivity contribution in [2.24, 2.45) is 0 Å². The van der Waals surface area contributed by atoms with Gasteiger partial charge in [-0.25, -0.2) is 27.9 Å². The molecule has 0 amide bonds. The fourth-order valence-electron chi connectivity index (χ4n) is 6.80. The second kappa shape index (κ2) is 19.0. The van der Waals surface area contributed by atoms with Crippen LogP contribution in [0, 0.1) is 25.5 Å². The highest BCUT2D eigenvalue weighted by atomic mass is 35.5. The lowest BCUT2D eigenvalue weighted by Crippen LogP contribution is -2.23. The molecule has 0 saturated heterocycles. The van der Waals surface area contributed by atoms with Gasteiger partial charge in [-0.3, -0.25) is 4.79 Å². The molecule has 0 saturated carbocycles. The molecule has 4 aromatic heterocycles. The van der Waals surface area contributed by atoms with Crippen molar-refractivity contribution in [1.29, 1.82) is 0 Å². The maximum absolute atomic E-state index is 13.3. The molecule has 0 spiro atoms. The number of nitrogens with two attached hydrogens (primary N) is 1. The molecule has 2 aromatic carbocycles. The molecular formula is C44H49ClF8N8O3. The van der Waals surface area contributed by atoms with Crippen molar-refractivity contribution in [2.45, 2.75) is 111 Å². The highest BCUT2D eigenvalue weighted by Gasteiger charge is 2.38. The second-order valence-corrected chi connectivity index (χ2v) is 17.4. The Morgan fingerprint density at radius 2 is 1.19 bits per heavy atom. The molecule has 2 atom stereocenters. The number of carboxylic acid groups (broad SMARTS) is 1. The predicted octanol–water partition coefficient (Wildman–Crippen LogP) is 11.2. The van der Waals surface area contributed by atoms with Crippen LogP contribution in [0.3, 0.4) is 0 Å². The van der Waals surface area contributed by atoms with E-state index in [1.54, 1.807) is 52.9 Å². The van der Waals surface area contributed by atoms with Crippen LogP contribution in [-0.2, 0) is 39.2 Å². The maximum Gasteiger partial charge on any atom is 0.434 e. The molecule has 346 valence electrons. The molecule has 11 nitrogen and oxygen atoms in total. The number of carbonyl (C=O) groups is 2. The van der Waals surface area contributed by atoms with E-state index in [-0.39, 0.29) is 40.8 Å². The van der Waals surface area contributed by atoms with Crippen molar-refractivity contribution in [1.82, 2.24) is 33.7 Å². The van der Waals surface area contributed by atoms with E-state index in [9.17, 15) is 44.7 Å². The number of aliphatic carboxylic acids is 1. The van der Waals surface area contributed by atoms with Gasteiger partial charge in [0.15, 0.2) is 11.5 Å². The van der Waals surface area contributed by atoms with E-state index in [1.165, 1.54) is 49.6 Å². The third kappa shape index (κ3) is 11.8. The molecule has 0 radical (unpaired) electrons. The summed E-state index contributed by atoms with van der Waals surface area (Å²) < 4.78 is 108. The maximum atomic E-state index is 13.3. The number of benzene rings is 2. The number of aryl methyl sites for hydroxylation is 1. The molecule has 6 rings (SSSR count). The number of hydrogen-bond acceptors (Lipinski definition) is 6. The fraction of sp³-hybridized carbons (Fsp3) is 0.386. The molecule has 0 fully saturated rings. The van der Waals surface area contributed by atoms with Crippen molar-refractivity contribution in [3.63, 3.8) is 0 Å². The molecule has 20 heteroatoms. The van der Waals surface area contributed by atoms with Gasteiger partial charge in [0, 0.05) is 40.9 Å². The van der Waals surface area contributed by atoms with Gasteiger partial charge in [-0.05, 0) is 76.2 Å². The number of anilines is 1. The Bertz CT molecular complexity index is 2570. The van der Waals surface area contributed by atoms with Crippen LogP contribution in [0.15, 0.2) is 73.3 Å². The van der Waals surface area contributed by atoms with Crippen LogP contribution in [-0.4, -0.2) is 50.5 Å². The van der Waals surface area contributed by atoms with E-state index in [0.717, 1.165) is 34.0 Å². The number of imidazole rings is 1. The van der Waals surface area contributed by atoms with Crippen LogP contribution >= 0.6 is 11.6 Å². The summed E-state index contributed by atoms with van der Waals surface area (Å²) >= 11 is 5.51. The number of carboxylic acids is 1. The smallest absolute Gasteiger partial charge is 0.434 e. The molecule has 0 bridgehead atoms. The first-order valence-electron chi connectivity index (χ1n) is 19.6. The number of ketones is 1. The normalized spacial score (nSPS) is 13.1. The monoisotopic (exact) mass is 924 g/mol. The first-order chi connectivity index (χ1) is 29.3. The van der Waals surface area contributed by atoms with E-state index in [2.05, 4.69) is 36.0 Å². The summed E-state index contributed by atoms with van der Waals surface area (Å²) in [6, 6.07) is 10.2. The quantitative estimate of drug-likeness (QED) is 0.145. The first-order valence-corrected chi connectivity index (χ1v) is 20.0. The third-order valence-electron chi connectivity index (χ3n) is 9.95. The zero-order valence-corrected chi connectivity index (χ0v) is 37.4. The van der Waals surface area contributed by atoms with E-state index < -0.39 is 52.1 Å². The Hall–Kier alpha value is -5.98. The van der Waals surface area contributed by atoms with Gasteiger partial charge in [0.2, 0.25) is 0 Å². The zero-order chi connectivity index (χ0) is 48.4. The topological polar surface area (TPSA) is 139 Å². The number of aromatic nitrogens is 7. The Morgan fingerprint density at radius 1 is 0.719 bits per heavy atom. The van der Waals surface area contributed by atoms with Crippen LogP contribution in [0.25, 0.3) is 11.4 Å². The summed E-state index contributed by atoms with van der Waals surface area (Å²) in [5.74, 6) is -1.99. The summed E-state index contributed by atoms with van der Waals surface area (Å²) in [5.41, 5.74) is 7.98. The molecule has 64 heavy (non-hydrogen) atoms. The van der Waals surface area contributed by atoms with Crippen LogP contribution in [0.5, 0.6) is 0 Å². The van der Waals surface area contributed by atoms with E-state index in [4.69, 9.17) is 22.4 Å². The number of hydrogen-bond donors (Lipinski definition) is 2. The number of nitrogens with zero attached hydrogens (tertiary/aromatic N) is 7. The Morgan fingerprint density at radius 3 is 1.59 bits per heavy atom. The lowest BCUT2D eigenvalue weighted by atomic mass is 9.87. The largest absolute Gasteiger partial charge is 0.480 e. The highest BCUT2D eigenvalue weighted by Crippen LogP contribution is 2.39. The highest BCUT2D eigenvalue weighted by molar-refractivity contribution is 6.32. The van der Waals surface area contributed by atoms with Crippen molar-refractivity contribution in [2.75, 3.05) is 5.73 Å². The van der Waals surface area contributed by atoms with Crippen LogP contribution in [0.1, 0.15) is 107 Å². The SMILES string of the molecule is CC(C)(C)c1c(N)cnn1-c1ccc(F)cc1.Cc1c(Cl)c(C(F)(F)F)cn1C(C)C(=O)O.Cc1nc(C(F)(F)F)cn1C(C)C(=O)Cc1cnn(-c2ccc(F)cc2)c1C(C)(C)C. The van der Waals surface area contributed by atoms with Gasteiger partial charge < -0.3 is 20.0 Å². The molecule has 2 unspecified atom stereocenters. The van der Waals surface area contributed by atoms with Gasteiger partial charge >= 0.3 is 18.3 Å². The Balaban J connectivity index is 0.000000230. The summed E-state index contributed by atoms with van der Waals surface area (Å²) in [4.78, 5) is 27.2. The lowest BCUT2D eigenvalue weighted by molar-refractivity contribution is -0.141. The van der Waals surface area contributed by atoms with Gasteiger partial charge in [-0.1, -0.05) is 53.1 Å². The van der Waals surface area contributed by atoms with Crippen LogP contribution < -0.4 is 5.73 Å². The summed E-state index contributed by atoms with van der Waals surface area (Å²) in [6.45, 7) is 17.7. The Labute approximate surface area is 369 Å². The van der Waals surface area contributed by atoms with Crippen molar-refractivity contribution >= 4 is 29.0 Å². The fourth-order valence-corrected chi connectivity index (χ4v) is 7.06. The third-order valence-corrected chi connectivity index (χ3v) is 10.4. The van der Waals surface area contributed by atoms with Gasteiger partial charge in [0.1, 0.15) is 23.5 Å². The second-order valence-electron chi connectivity index (χ2n) is 17.0. The lowest BCUT2D eigenvalue weighted by Gasteiger charge is -2.23. The molecule has 4 heterocycles. The van der Waals surface area contributed by atoms with Crippen LogP contribution in [0.4, 0.5) is 40.8 Å². The zero-order valence-electron chi connectivity index (χ0n) is 36.7. The minimum Gasteiger partial charge on any atom is -0.480 e. The summed E-state index contributed by atoms with van der Waals surface area (Å²) in [7, 11) is 0. The minimum atomic E-state index is -4.58. The average Bonchev–Trinajstić information content (AvgIpc) is 3.96. The van der Waals surface area contributed by atoms with Crippen LogP contribution in [0.2, 0.25) is 5.02 Å². The first kappa shape index (κ1) is 50.7. The van der Waals surface area contributed by atoms with Crippen molar-refractivity contribution in [3.05, 3.63) is 130 Å². The Kier molecular flexibility index (Phi) is 15.0. The predicted molar refractivity (Wildman–Crippen MR) is 226 cm³/mol. The number of halogens is 9. The number of carbonyl (C=O) groups excluding carboxylic acids is 1. The van der Waals surface area contributed by atoms with E-state index >= 15 is 0 Å². The average molecular weight is 925 g/mol. The molecule has 0 aliphatic rings. The van der Waals surface area contributed by atoms with Gasteiger partial charge in [-0.2, -0.15) is 36.5 Å². The van der Waals surface area contributed by atoms with Gasteiger partial charge in [0.25, 0.3) is 0 Å². The molecule has 6 aromatic rings. The molecular weight excluding hydrogens is 876 g/mol. The molecule has 3 N–H and O–H groups in total. The number of rotatable bonds is 8. The van der Waals surface area contributed by atoms with E-state index in [1.807, 2.05) is 20.8 Å².